The summed E-state index contributed by atoms with van der Waals surface area (Å²) in [5, 5.41) is 4.49. The molecule has 1 aromatic heterocycles. The molecule has 1 aliphatic heterocycles. The zero-order chi connectivity index (χ0) is 22.5. The third-order valence-electron chi connectivity index (χ3n) is 5.13. The van der Waals surface area contributed by atoms with Crippen LogP contribution < -0.4 is 15.1 Å². The monoisotopic (exact) mass is 487 g/mol. The lowest BCUT2D eigenvalue weighted by Gasteiger charge is -2.37. The smallest absolute Gasteiger partial charge is 0.234 e. The Hall–Kier alpha value is -2.48. The van der Waals surface area contributed by atoms with Crippen LogP contribution in [-0.2, 0) is 4.79 Å². The Bertz CT molecular complexity index is 1090. The van der Waals surface area contributed by atoms with Crippen LogP contribution in [0, 0.1) is 6.92 Å². The van der Waals surface area contributed by atoms with E-state index in [4.69, 9.17) is 23.2 Å². The molecule has 6 nitrogen and oxygen atoms in total. The summed E-state index contributed by atoms with van der Waals surface area (Å²) in [6.07, 6.45) is 0. The summed E-state index contributed by atoms with van der Waals surface area (Å²) in [4.78, 5) is 25.6. The van der Waals surface area contributed by atoms with Gasteiger partial charge in [0.1, 0.15) is 11.0 Å². The standard InChI is InChI=1S/C23H23Cl2N5OS/c1-16-6-8-17(9-7-16)26-22(31)15-32-23-27-20(25)14-21(28-23)30-12-10-29(11-13-30)19-5-3-2-4-18(19)24/h2-9,14H,10-13,15H2,1H3,(H,26,31). The molecule has 166 valence electrons. The largest absolute Gasteiger partial charge is 0.367 e. The van der Waals surface area contributed by atoms with Crippen molar-refractivity contribution in [2.75, 3.05) is 47.0 Å². The Labute approximate surface area is 201 Å². The van der Waals surface area contributed by atoms with Gasteiger partial charge in [0.05, 0.1) is 16.5 Å². The van der Waals surface area contributed by atoms with E-state index >= 15 is 0 Å². The molecule has 1 N–H and O–H groups in total. The number of rotatable bonds is 6. The molecule has 0 spiro atoms. The predicted octanol–water partition coefficient (Wildman–Crippen LogP) is 5.15. The van der Waals surface area contributed by atoms with E-state index in [0.29, 0.717) is 10.3 Å². The van der Waals surface area contributed by atoms with Gasteiger partial charge in [0, 0.05) is 37.9 Å². The van der Waals surface area contributed by atoms with E-state index in [9.17, 15) is 4.79 Å². The minimum Gasteiger partial charge on any atom is -0.367 e. The molecule has 9 heteroatoms. The first-order valence-corrected chi connectivity index (χ1v) is 12.0. The number of nitrogens with one attached hydrogen (secondary N) is 1. The minimum atomic E-state index is -0.114. The van der Waals surface area contributed by atoms with Crippen molar-refractivity contribution < 1.29 is 4.79 Å². The van der Waals surface area contributed by atoms with Crippen LogP contribution >= 0.6 is 35.0 Å². The first-order valence-electron chi connectivity index (χ1n) is 10.3. The maximum atomic E-state index is 12.3. The number of hydrogen-bond donors (Lipinski definition) is 1. The maximum Gasteiger partial charge on any atom is 0.234 e. The number of aryl methyl sites for hydroxylation is 1. The van der Waals surface area contributed by atoms with Gasteiger partial charge in [0.2, 0.25) is 5.91 Å². The van der Waals surface area contributed by atoms with Crippen LogP contribution in [0.25, 0.3) is 0 Å². The lowest BCUT2D eigenvalue weighted by atomic mass is 10.2. The Balaban J connectivity index is 1.35. The van der Waals surface area contributed by atoms with Gasteiger partial charge in [0.25, 0.3) is 0 Å². The average Bonchev–Trinajstić information content (AvgIpc) is 2.79. The molecule has 0 saturated carbocycles. The molecular formula is C23H23Cl2N5OS. The highest BCUT2D eigenvalue weighted by Crippen LogP contribution is 2.28. The Kier molecular flexibility index (Phi) is 7.40. The summed E-state index contributed by atoms with van der Waals surface area (Å²) in [5.74, 6) is 0.857. The van der Waals surface area contributed by atoms with Crippen LogP contribution in [0.1, 0.15) is 5.56 Å². The normalized spacial score (nSPS) is 13.8. The quantitative estimate of drug-likeness (QED) is 0.294. The molecule has 32 heavy (non-hydrogen) atoms. The molecular weight excluding hydrogens is 465 g/mol. The summed E-state index contributed by atoms with van der Waals surface area (Å²) >= 11 is 13.9. The van der Waals surface area contributed by atoms with E-state index in [1.165, 1.54) is 11.8 Å². The number of piperazine rings is 1. The van der Waals surface area contributed by atoms with Crippen LogP contribution in [0.2, 0.25) is 10.2 Å². The molecule has 3 aromatic rings. The van der Waals surface area contributed by atoms with Gasteiger partial charge in [-0.3, -0.25) is 4.79 Å². The third-order valence-corrected chi connectivity index (χ3v) is 6.49. The number of benzene rings is 2. The predicted molar refractivity (Wildman–Crippen MR) is 133 cm³/mol. The van der Waals surface area contributed by atoms with Crippen molar-refractivity contribution in [3.8, 4) is 0 Å². The van der Waals surface area contributed by atoms with E-state index < -0.39 is 0 Å². The summed E-state index contributed by atoms with van der Waals surface area (Å²) in [7, 11) is 0. The molecule has 0 atom stereocenters. The fraction of sp³-hybridized carbons (Fsp3) is 0.261. The fourth-order valence-corrected chi connectivity index (χ4v) is 4.60. The van der Waals surface area contributed by atoms with Gasteiger partial charge in [-0.1, -0.05) is 64.8 Å². The zero-order valence-electron chi connectivity index (χ0n) is 17.6. The Morgan fingerprint density at radius 1 is 1.00 bits per heavy atom. The average molecular weight is 488 g/mol. The SMILES string of the molecule is Cc1ccc(NC(=O)CSc2nc(Cl)cc(N3CCN(c4ccccc4Cl)CC3)n2)cc1. The minimum absolute atomic E-state index is 0.114. The highest BCUT2D eigenvalue weighted by molar-refractivity contribution is 7.99. The number of anilines is 3. The molecule has 1 aliphatic rings. The topological polar surface area (TPSA) is 61.4 Å². The second-order valence-electron chi connectivity index (χ2n) is 7.46. The van der Waals surface area contributed by atoms with Gasteiger partial charge in [-0.15, -0.1) is 0 Å². The second kappa shape index (κ2) is 10.4. The van der Waals surface area contributed by atoms with Crippen molar-refractivity contribution >= 4 is 58.1 Å². The van der Waals surface area contributed by atoms with Crippen molar-refractivity contribution in [1.82, 2.24) is 9.97 Å². The molecule has 1 amide bonds. The zero-order valence-corrected chi connectivity index (χ0v) is 19.9. The van der Waals surface area contributed by atoms with Gasteiger partial charge >= 0.3 is 0 Å². The molecule has 1 fully saturated rings. The van der Waals surface area contributed by atoms with Gasteiger partial charge in [-0.2, -0.15) is 0 Å². The number of para-hydroxylation sites is 1. The first-order chi connectivity index (χ1) is 15.5. The summed E-state index contributed by atoms with van der Waals surface area (Å²) in [6, 6.07) is 17.3. The van der Waals surface area contributed by atoms with Crippen LogP contribution in [0.5, 0.6) is 0 Å². The number of carbonyl (C=O) groups excluding carboxylic acids is 1. The van der Waals surface area contributed by atoms with E-state index in [-0.39, 0.29) is 11.7 Å². The van der Waals surface area contributed by atoms with E-state index in [0.717, 1.165) is 54.0 Å². The van der Waals surface area contributed by atoms with Crippen molar-refractivity contribution in [3.63, 3.8) is 0 Å². The molecule has 0 aliphatic carbocycles. The van der Waals surface area contributed by atoms with Gasteiger partial charge in [0.15, 0.2) is 5.16 Å². The number of hydrogen-bond acceptors (Lipinski definition) is 6. The number of amides is 1. The van der Waals surface area contributed by atoms with Crippen LogP contribution in [0.15, 0.2) is 59.8 Å². The van der Waals surface area contributed by atoms with Crippen molar-refractivity contribution in [2.24, 2.45) is 0 Å². The number of nitrogens with zero attached hydrogens (tertiary/aromatic N) is 4. The van der Waals surface area contributed by atoms with Gasteiger partial charge < -0.3 is 15.1 Å². The van der Waals surface area contributed by atoms with Crippen LogP contribution in [-0.4, -0.2) is 47.8 Å². The summed E-state index contributed by atoms with van der Waals surface area (Å²) in [5.41, 5.74) is 2.96. The molecule has 1 saturated heterocycles. The number of thioether (sulfide) groups is 1. The molecule has 2 aromatic carbocycles. The van der Waals surface area contributed by atoms with Crippen LogP contribution in [0.3, 0.4) is 0 Å². The Morgan fingerprint density at radius 2 is 1.69 bits per heavy atom. The molecule has 4 rings (SSSR count). The number of carbonyl (C=O) groups is 1. The number of aromatic nitrogens is 2. The van der Waals surface area contributed by atoms with Gasteiger partial charge in [-0.25, -0.2) is 9.97 Å². The lowest BCUT2D eigenvalue weighted by Crippen LogP contribution is -2.47. The number of halogens is 2. The van der Waals surface area contributed by atoms with E-state index in [1.807, 2.05) is 55.5 Å². The molecule has 2 heterocycles. The molecule has 0 radical (unpaired) electrons. The van der Waals surface area contributed by atoms with E-state index in [2.05, 4.69) is 25.1 Å². The highest BCUT2D eigenvalue weighted by atomic mass is 35.5. The summed E-state index contributed by atoms with van der Waals surface area (Å²) in [6.45, 7) is 5.24. The molecule has 0 bridgehead atoms. The van der Waals surface area contributed by atoms with Crippen molar-refractivity contribution in [3.05, 3.63) is 70.3 Å². The summed E-state index contributed by atoms with van der Waals surface area (Å²) < 4.78 is 0. The Morgan fingerprint density at radius 3 is 2.41 bits per heavy atom. The van der Waals surface area contributed by atoms with Crippen molar-refractivity contribution in [2.45, 2.75) is 12.1 Å². The van der Waals surface area contributed by atoms with Crippen molar-refractivity contribution in [1.29, 1.82) is 0 Å². The lowest BCUT2D eigenvalue weighted by molar-refractivity contribution is -0.113. The second-order valence-corrected chi connectivity index (χ2v) is 9.20. The van der Waals surface area contributed by atoms with Gasteiger partial charge in [-0.05, 0) is 31.2 Å². The fourth-order valence-electron chi connectivity index (χ4n) is 3.46. The van der Waals surface area contributed by atoms with E-state index in [1.54, 1.807) is 6.07 Å². The highest BCUT2D eigenvalue weighted by Gasteiger charge is 2.21. The molecule has 0 unspecified atom stereocenters. The maximum absolute atomic E-state index is 12.3. The first kappa shape index (κ1) is 22.7. The third kappa shape index (κ3) is 5.85. The van der Waals surface area contributed by atoms with Crippen LogP contribution in [0.4, 0.5) is 17.2 Å².